The monoisotopic (exact) mass is 992 g/mol. The van der Waals surface area contributed by atoms with E-state index in [1.165, 1.54) is 120 Å². The molecule has 5 aliphatic carbocycles. The highest BCUT2D eigenvalue weighted by atomic mass is 16.5. The van der Waals surface area contributed by atoms with E-state index < -0.39 is 5.91 Å². The Balaban J connectivity index is 0.966. The van der Waals surface area contributed by atoms with Gasteiger partial charge in [0.15, 0.2) is 5.78 Å². The summed E-state index contributed by atoms with van der Waals surface area (Å²) in [4.78, 5) is 66.3. The highest BCUT2D eigenvalue weighted by Gasteiger charge is 2.60. The minimum absolute atomic E-state index is 0.0381. The van der Waals surface area contributed by atoms with Crippen LogP contribution in [0.25, 0.3) is 0 Å². The number of fused-ring (bicyclic) bond motifs is 5. The molecule has 0 aromatic rings. The van der Waals surface area contributed by atoms with Gasteiger partial charge in [0.05, 0.1) is 13.1 Å². The number of Topliss-reactive ketones (excluding diaryl/α,β-unsaturated/α-hetero) is 2. The Kier molecular flexibility index (Phi) is 25.6. The van der Waals surface area contributed by atoms with Crippen LogP contribution in [0.3, 0.4) is 0 Å². The van der Waals surface area contributed by atoms with Gasteiger partial charge in [-0.25, -0.2) is 0 Å². The molecule has 71 heavy (non-hydrogen) atoms. The maximum atomic E-state index is 13.7. The van der Waals surface area contributed by atoms with Crippen molar-refractivity contribution in [2.45, 2.75) is 246 Å². The molecular weight excluding hydrogens is 887 g/mol. The first-order valence-corrected chi connectivity index (χ1v) is 29.9. The SMILES string of the molecule is CCCCCCCC/C=C\CCCCCCCC(=O)N[C@H]1CC[C@@]2(C)C(CCC3C2CC[C@@]2(C)C3CC[C@@H]2[C@H](C)CCC(=O)N(CC(N)=O)CC(=O)CCCCCCC(=O)C2C[C@H](CO)C[C@H]2COC)C1. The Morgan fingerprint density at radius 3 is 2.03 bits per heavy atom. The number of amides is 3. The number of methoxy groups -OCH3 is 1. The molecule has 0 aliphatic heterocycles. The number of primary amides is 1. The molecule has 5 unspecified atom stereocenters. The van der Waals surface area contributed by atoms with E-state index in [0.29, 0.717) is 67.9 Å². The first-order valence-electron chi connectivity index (χ1n) is 29.9. The molecule has 10 nitrogen and oxygen atoms in total. The molecule has 5 fully saturated rings. The Labute approximate surface area is 432 Å². The van der Waals surface area contributed by atoms with Gasteiger partial charge < -0.3 is 25.8 Å². The van der Waals surface area contributed by atoms with E-state index >= 15 is 0 Å². The molecule has 4 N–H and O–H groups in total. The first kappa shape index (κ1) is 59.3. The van der Waals surface area contributed by atoms with E-state index in [0.717, 1.165) is 82.0 Å². The molecule has 0 aromatic carbocycles. The van der Waals surface area contributed by atoms with Crippen LogP contribution in [0.1, 0.15) is 240 Å². The summed E-state index contributed by atoms with van der Waals surface area (Å²) in [6.45, 7) is 10.1. The molecule has 406 valence electrons. The van der Waals surface area contributed by atoms with E-state index in [9.17, 15) is 29.1 Å². The van der Waals surface area contributed by atoms with Crippen molar-refractivity contribution < 1.29 is 33.8 Å². The molecule has 5 saturated carbocycles. The minimum Gasteiger partial charge on any atom is -0.396 e. The number of carbonyl (C=O) groups is 5. The van der Waals surface area contributed by atoms with Gasteiger partial charge in [-0.05, 0) is 180 Å². The standard InChI is InChI=1S/C61H105N3O7/c1-6-7-8-9-10-11-12-13-14-15-16-17-18-19-24-27-58(69)63-49-34-36-60(3)48(40-49)29-30-51-54-32-31-53(61(54,4)37-35-55(51)60)45(2)28-33-59(70)64(42-57(62)68)41-50(66)25-22-20-21-23-26-56(67)52-39-46(43-65)38-47(52)44-71-5/h13-14,45-49,51-55,65H,6-12,15-44H2,1-5H3,(H2,62,68)(H,63,69)/b14-13-/t45-,46-,47+,48?,49+,51?,52?,53-,54?,55?,60+,61-/m1/s1. The van der Waals surface area contributed by atoms with Crippen molar-refractivity contribution in [2.24, 2.45) is 69.8 Å². The largest absolute Gasteiger partial charge is 0.396 e. The van der Waals surface area contributed by atoms with Crippen molar-refractivity contribution in [1.29, 1.82) is 0 Å². The molecule has 0 saturated heterocycles. The van der Waals surface area contributed by atoms with Gasteiger partial charge in [0.1, 0.15) is 5.78 Å². The molecule has 0 bridgehead atoms. The topological polar surface area (TPSA) is 156 Å². The summed E-state index contributed by atoms with van der Waals surface area (Å²) in [6.07, 6.45) is 39.7. The van der Waals surface area contributed by atoms with Crippen molar-refractivity contribution in [3.05, 3.63) is 12.2 Å². The number of hydrogen-bond acceptors (Lipinski definition) is 7. The van der Waals surface area contributed by atoms with Crippen LogP contribution < -0.4 is 11.1 Å². The van der Waals surface area contributed by atoms with Crippen LogP contribution in [-0.4, -0.2) is 78.7 Å². The number of rotatable bonds is 35. The summed E-state index contributed by atoms with van der Waals surface area (Å²) >= 11 is 0. The van der Waals surface area contributed by atoms with E-state index in [1.807, 2.05) is 0 Å². The summed E-state index contributed by atoms with van der Waals surface area (Å²) in [5.74, 6) is 3.87. The second-order valence-electron chi connectivity index (χ2n) is 24.8. The number of aliphatic hydroxyl groups excluding tert-OH is 1. The van der Waals surface area contributed by atoms with Gasteiger partial charge >= 0.3 is 0 Å². The number of nitrogens with one attached hydrogen (secondary N) is 1. The summed E-state index contributed by atoms with van der Waals surface area (Å²) in [5.41, 5.74) is 6.21. The van der Waals surface area contributed by atoms with Gasteiger partial charge in [0.2, 0.25) is 17.7 Å². The van der Waals surface area contributed by atoms with Crippen LogP contribution in [0.5, 0.6) is 0 Å². The fourth-order valence-corrected chi connectivity index (χ4v) is 15.8. The lowest BCUT2D eigenvalue weighted by Gasteiger charge is -2.61. The number of ether oxygens (including phenoxy) is 1. The van der Waals surface area contributed by atoms with Crippen molar-refractivity contribution in [2.75, 3.05) is 33.4 Å². The third-order valence-electron chi connectivity index (χ3n) is 19.8. The summed E-state index contributed by atoms with van der Waals surface area (Å²) in [5, 5.41) is 13.1. The average Bonchev–Trinajstić information content (AvgIpc) is 3.93. The number of hydrogen-bond donors (Lipinski definition) is 3. The highest BCUT2D eigenvalue weighted by Crippen LogP contribution is 2.68. The van der Waals surface area contributed by atoms with Gasteiger partial charge in [0, 0.05) is 58.0 Å². The fraction of sp³-hybridized carbons (Fsp3) is 0.885. The molecule has 5 aliphatic rings. The lowest BCUT2D eigenvalue weighted by atomic mass is 9.44. The molecule has 12 atom stereocenters. The molecule has 0 spiro atoms. The molecule has 10 heteroatoms. The van der Waals surface area contributed by atoms with Crippen LogP contribution in [0.15, 0.2) is 12.2 Å². The van der Waals surface area contributed by atoms with Gasteiger partial charge in [-0.2, -0.15) is 0 Å². The summed E-state index contributed by atoms with van der Waals surface area (Å²) in [6, 6.07) is 0.324. The van der Waals surface area contributed by atoms with Crippen molar-refractivity contribution in [1.82, 2.24) is 10.2 Å². The van der Waals surface area contributed by atoms with Crippen molar-refractivity contribution >= 4 is 29.3 Å². The number of allylic oxidation sites excluding steroid dienone is 2. The molecule has 3 amide bonds. The molecule has 0 radical (unpaired) electrons. The normalized spacial score (nSPS) is 30.6. The van der Waals surface area contributed by atoms with Crippen LogP contribution in [0, 0.1) is 64.1 Å². The fourth-order valence-electron chi connectivity index (χ4n) is 15.8. The lowest BCUT2D eigenvalue weighted by molar-refractivity contribution is -0.138. The van der Waals surface area contributed by atoms with Crippen LogP contribution in [0.4, 0.5) is 0 Å². The second kappa shape index (κ2) is 30.7. The molecular formula is C61H105N3O7. The van der Waals surface area contributed by atoms with E-state index in [-0.39, 0.29) is 66.2 Å². The maximum absolute atomic E-state index is 13.7. The Bertz CT molecular complexity index is 1670. The summed E-state index contributed by atoms with van der Waals surface area (Å²) < 4.78 is 5.35. The second-order valence-corrected chi connectivity index (χ2v) is 24.8. The third-order valence-corrected chi connectivity index (χ3v) is 19.8. The summed E-state index contributed by atoms with van der Waals surface area (Å²) in [7, 11) is 1.66. The number of aliphatic hydroxyl groups is 1. The van der Waals surface area contributed by atoms with Crippen LogP contribution in [0.2, 0.25) is 0 Å². The zero-order valence-electron chi connectivity index (χ0n) is 46.0. The number of nitrogens with zero attached hydrogens (tertiary/aromatic N) is 1. The van der Waals surface area contributed by atoms with Crippen LogP contribution in [-0.2, 0) is 28.7 Å². The molecule has 0 aromatic heterocycles. The predicted molar refractivity (Wildman–Crippen MR) is 287 cm³/mol. The maximum Gasteiger partial charge on any atom is 0.237 e. The quantitative estimate of drug-likeness (QED) is 0.0421. The van der Waals surface area contributed by atoms with Gasteiger partial charge in [-0.1, -0.05) is 104 Å². The Morgan fingerprint density at radius 1 is 0.718 bits per heavy atom. The zero-order chi connectivity index (χ0) is 51.2. The number of ketones is 2. The van der Waals surface area contributed by atoms with Gasteiger partial charge in [-0.3, -0.25) is 24.0 Å². The smallest absolute Gasteiger partial charge is 0.237 e. The number of unbranched alkanes of at least 4 members (excludes halogenated alkanes) is 14. The Hall–Kier alpha value is -2.59. The molecule has 5 rings (SSSR count). The molecule has 0 heterocycles. The van der Waals surface area contributed by atoms with Crippen molar-refractivity contribution in [3.63, 3.8) is 0 Å². The average molecular weight is 993 g/mol. The van der Waals surface area contributed by atoms with Gasteiger partial charge in [-0.15, -0.1) is 0 Å². The van der Waals surface area contributed by atoms with E-state index in [1.54, 1.807) is 7.11 Å². The first-order chi connectivity index (χ1) is 34.2. The Morgan fingerprint density at radius 2 is 1.35 bits per heavy atom. The third kappa shape index (κ3) is 17.8. The highest BCUT2D eigenvalue weighted by molar-refractivity contribution is 5.89. The minimum atomic E-state index is -0.599. The van der Waals surface area contributed by atoms with Gasteiger partial charge in [0.25, 0.3) is 0 Å². The lowest BCUT2D eigenvalue weighted by Crippen LogP contribution is -2.55. The number of nitrogens with two attached hydrogens (primary N) is 1. The van der Waals surface area contributed by atoms with E-state index in [2.05, 4.69) is 45.2 Å². The zero-order valence-corrected chi connectivity index (χ0v) is 46.0. The van der Waals surface area contributed by atoms with Crippen molar-refractivity contribution in [3.8, 4) is 0 Å². The van der Waals surface area contributed by atoms with E-state index in [4.69, 9.17) is 10.5 Å². The number of carbonyl (C=O) groups excluding carboxylic acids is 5. The predicted octanol–water partition coefficient (Wildman–Crippen LogP) is 12.7. The van der Waals surface area contributed by atoms with Crippen LogP contribution >= 0.6 is 0 Å².